The fourth-order valence-electron chi connectivity index (χ4n) is 3.07. The second kappa shape index (κ2) is 6.50. The van der Waals surface area contributed by atoms with Crippen molar-refractivity contribution in [1.29, 1.82) is 0 Å². The van der Waals surface area contributed by atoms with Gasteiger partial charge in [0.05, 0.1) is 17.2 Å². The standard InChI is InChI=1S/C17H22N4O2/c1-12-4-3-5-14-16(12)19-11-20(17(14)23)8-6-15(22)21-9-7-18-10-13(21)2/h3-5,11,13,18H,6-10H2,1-2H3/t13-/m0/s1. The highest BCUT2D eigenvalue weighted by Crippen LogP contribution is 2.11. The summed E-state index contributed by atoms with van der Waals surface area (Å²) in [7, 11) is 0. The summed E-state index contributed by atoms with van der Waals surface area (Å²) in [6.07, 6.45) is 1.87. The molecule has 0 aliphatic carbocycles. The van der Waals surface area contributed by atoms with Crippen LogP contribution >= 0.6 is 0 Å². The van der Waals surface area contributed by atoms with Crippen LogP contribution in [0.25, 0.3) is 10.9 Å². The molecule has 23 heavy (non-hydrogen) atoms. The number of benzene rings is 1. The molecule has 2 aromatic rings. The number of hydrogen-bond donors (Lipinski definition) is 1. The maximum atomic E-state index is 12.5. The van der Waals surface area contributed by atoms with Gasteiger partial charge in [0.1, 0.15) is 0 Å². The molecule has 0 radical (unpaired) electrons. The van der Waals surface area contributed by atoms with E-state index in [1.165, 1.54) is 4.57 Å². The summed E-state index contributed by atoms with van der Waals surface area (Å²) in [5, 5.41) is 3.88. The van der Waals surface area contributed by atoms with Gasteiger partial charge in [0.2, 0.25) is 5.91 Å². The highest BCUT2D eigenvalue weighted by molar-refractivity contribution is 5.80. The third-order valence-corrected chi connectivity index (χ3v) is 4.44. The lowest BCUT2D eigenvalue weighted by Gasteiger charge is -2.34. The Hall–Kier alpha value is -2.21. The van der Waals surface area contributed by atoms with Gasteiger partial charge in [0, 0.05) is 38.6 Å². The molecule has 1 fully saturated rings. The summed E-state index contributed by atoms with van der Waals surface area (Å²) in [6.45, 7) is 6.72. The summed E-state index contributed by atoms with van der Waals surface area (Å²) in [6, 6.07) is 5.78. The van der Waals surface area contributed by atoms with Gasteiger partial charge in [0.15, 0.2) is 0 Å². The van der Waals surface area contributed by atoms with Gasteiger partial charge < -0.3 is 10.2 Å². The molecule has 1 saturated heterocycles. The van der Waals surface area contributed by atoms with Crippen molar-refractivity contribution in [2.45, 2.75) is 32.9 Å². The fourth-order valence-corrected chi connectivity index (χ4v) is 3.07. The zero-order valence-corrected chi connectivity index (χ0v) is 13.6. The molecule has 0 saturated carbocycles. The number of carbonyl (C=O) groups is 1. The van der Waals surface area contributed by atoms with E-state index in [1.54, 1.807) is 12.4 Å². The number of carbonyl (C=O) groups excluding carboxylic acids is 1. The van der Waals surface area contributed by atoms with Crippen molar-refractivity contribution in [3.8, 4) is 0 Å². The van der Waals surface area contributed by atoms with E-state index in [0.29, 0.717) is 18.4 Å². The molecule has 1 aliphatic rings. The van der Waals surface area contributed by atoms with Gasteiger partial charge in [-0.3, -0.25) is 14.2 Å². The minimum Gasteiger partial charge on any atom is -0.337 e. The zero-order chi connectivity index (χ0) is 16.4. The van der Waals surface area contributed by atoms with E-state index in [4.69, 9.17) is 0 Å². The molecule has 1 aromatic carbocycles. The molecule has 2 heterocycles. The van der Waals surface area contributed by atoms with Crippen molar-refractivity contribution in [2.75, 3.05) is 19.6 Å². The van der Waals surface area contributed by atoms with Crippen LogP contribution < -0.4 is 10.9 Å². The normalized spacial score (nSPS) is 18.3. The van der Waals surface area contributed by atoms with E-state index in [0.717, 1.165) is 30.7 Å². The van der Waals surface area contributed by atoms with Crippen LogP contribution in [0.15, 0.2) is 29.3 Å². The summed E-state index contributed by atoms with van der Waals surface area (Å²) >= 11 is 0. The Morgan fingerprint density at radius 3 is 3.04 bits per heavy atom. The first kappa shape index (κ1) is 15.7. The SMILES string of the molecule is Cc1cccc2c(=O)n(CCC(=O)N3CCNC[C@@H]3C)cnc12. The lowest BCUT2D eigenvalue weighted by molar-refractivity contribution is -0.134. The number of amides is 1. The first-order valence-corrected chi connectivity index (χ1v) is 8.03. The Balaban J connectivity index is 1.76. The highest BCUT2D eigenvalue weighted by atomic mass is 16.2. The predicted molar refractivity (Wildman–Crippen MR) is 89.4 cm³/mol. The Kier molecular flexibility index (Phi) is 4.43. The Morgan fingerprint density at radius 2 is 2.26 bits per heavy atom. The molecule has 6 nitrogen and oxygen atoms in total. The molecule has 3 rings (SSSR count). The molecule has 0 bridgehead atoms. The van der Waals surface area contributed by atoms with Crippen LogP contribution in [0.4, 0.5) is 0 Å². The summed E-state index contributed by atoms with van der Waals surface area (Å²) in [5.41, 5.74) is 1.63. The molecule has 1 N–H and O–H groups in total. The molecule has 122 valence electrons. The van der Waals surface area contributed by atoms with Crippen molar-refractivity contribution >= 4 is 16.8 Å². The van der Waals surface area contributed by atoms with Crippen molar-refractivity contribution in [3.05, 3.63) is 40.4 Å². The number of nitrogens with one attached hydrogen (secondary N) is 1. The average molecular weight is 314 g/mol. The monoisotopic (exact) mass is 314 g/mol. The number of rotatable bonds is 3. The maximum Gasteiger partial charge on any atom is 0.261 e. The van der Waals surface area contributed by atoms with Crippen molar-refractivity contribution in [2.24, 2.45) is 0 Å². The first-order chi connectivity index (χ1) is 11.1. The zero-order valence-electron chi connectivity index (χ0n) is 13.6. The average Bonchev–Trinajstić information content (AvgIpc) is 2.55. The summed E-state index contributed by atoms with van der Waals surface area (Å²) in [5.74, 6) is 0.0928. The van der Waals surface area contributed by atoms with Gasteiger partial charge in [-0.15, -0.1) is 0 Å². The van der Waals surface area contributed by atoms with E-state index in [2.05, 4.69) is 10.3 Å². The van der Waals surface area contributed by atoms with Crippen molar-refractivity contribution < 1.29 is 4.79 Å². The summed E-state index contributed by atoms with van der Waals surface area (Å²) < 4.78 is 1.53. The van der Waals surface area contributed by atoms with Crippen molar-refractivity contribution in [3.63, 3.8) is 0 Å². The minimum atomic E-state index is -0.0835. The van der Waals surface area contributed by atoms with E-state index in [9.17, 15) is 9.59 Å². The Morgan fingerprint density at radius 1 is 1.43 bits per heavy atom. The third kappa shape index (κ3) is 3.12. The lowest BCUT2D eigenvalue weighted by Crippen LogP contribution is -2.52. The molecular weight excluding hydrogens is 292 g/mol. The number of fused-ring (bicyclic) bond motifs is 1. The molecule has 0 spiro atoms. The van der Waals surface area contributed by atoms with Crippen LogP contribution in [0.1, 0.15) is 18.9 Å². The molecule has 1 atom stereocenters. The number of piperazine rings is 1. The molecule has 1 aromatic heterocycles. The smallest absolute Gasteiger partial charge is 0.261 e. The minimum absolute atomic E-state index is 0.0835. The quantitative estimate of drug-likeness (QED) is 0.915. The van der Waals surface area contributed by atoms with Gasteiger partial charge in [-0.2, -0.15) is 0 Å². The maximum absolute atomic E-state index is 12.5. The molecular formula is C17H22N4O2. The largest absolute Gasteiger partial charge is 0.337 e. The molecule has 6 heteroatoms. The van der Waals surface area contributed by atoms with Crippen LogP contribution in [0.3, 0.4) is 0 Å². The molecule has 0 unspecified atom stereocenters. The van der Waals surface area contributed by atoms with E-state index >= 15 is 0 Å². The van der Waals surface area contributed by atoms with Gasteiger partial charge in [-0.1, -0.05) is 12.1 Å². The van der Waals surface area contributed by atoms with Crippen LogP contribution in [0, 0.1) is 6.92 Å². The molecule has 1 aliphatic heterocycles. The third-order valence-electron chi connectivity index (χ3n) is 4.44. The van der Waals surface area contributed by atoms with Crippen LogP contribution in [0.5, 0.6) is 0 Å². The van der Waals surface area contributed by atoms with E-state index in [-0.39, 0.29) is 17.5 Å². The number of para-hydroxylation sites is 1. The van der Waals surface area contributed by atoms with Gasteiger partial charge in [-0.25, -0.2) is 4.98 Å². The van der Waals surface area contributed by atoms with Crippen LogP contribution in [-0.2, 0) is 11.3 Å². The van der Waals surface area contributed by atoms with E-state index in [1.807, 2.05) is 30.9 Å². The summed E-state index contributed by atoms with van der Waals surface area (Å²) in [4.78, 5) is 31.2. The number of aromatic nitrogens is 2. The lowest BCUT2D eigenvalue weighted by atomic mass is 10.1. The first-order valence-electron chi connectivity index (χ1n) is 8.03. The Labute approximate surface area is 135 Å². The number of hydrogen-bond acceptors (Lipinski definition) is 4. The second-order valence-corrected chi connectivity index (χ2v) is 6.10. The van der Waals surface area contributed by atoms with Gasteiger partial charge in [-0.05, 0) is 25.5 Å². The number of aryl methyl sites for hydroxylation is 2. The van der Waals surface area contributed by atoms with Crippen molar-refractivity contribution in [1.82, 2.24) is 19.8 Å². The second-order valence-electron chi connectivity index (χ2n) is 6.10. The Bertz CT molecular complexity index is 784. The predicted octanol–water partition coefficient (Wildman–Crippen LogP) is 0.915. The van der Waals surface area contributed by atoms with E-state index < -0.39 is 0 Å². The van der Waals surface area contributed by atoms with Crippen LogP contribution in [0.2, 0.25) is 0 Å². The van der Waals surface area contributed by atoms with Gasteiger partial charge in [0.25, 0.3) is 5.56 Å². The molecule has 1 amide bonds. The number of nitrogens with zero attached hydrogens (tertiary/aromatic N) is 3. The van der Waals surface area contributed by atoms with Gasteiger partial charge >= 0.3 is 0 Å². The topological polar surface area (TPSA) is 67.2 Å². The fraction of sp³-hybridized carbons (Fsp3) is 0.471. The van der Waals surface area contributed by atoms with Crippen LogP contribution in [-0.4, -0.2) is 46.0 Å². The highest BCUT2D eigenvalue weighted by Gasteiger charge is 2.22.